The summed E-state index contributed by atoms with van der Waals surface area (Å²) in [5, 5.41) is 4.43. The summed E-state index contributed by atoms with van der Waals surface area (Å²) in [4.78, 5) is 22.9. The Labute approximate surface area is 304 Å². The van der Waals surface area contributed by atoms with E-state index in [9.17, 15) is 4.79 Å². The number of rotatable bonds is 5. The summed E-state index contributed by atoms with van der Waals surface area (Å²) in [7, 11) is 3.62. The Morgan fingerprint density at radius 3 is 2.02 bits per heavy atom. The van der Waals surface area contributed by atoms with Crippen molar-refractivity contribution in [1.82, 2.24) is 19.1 Å². The van der Waals surface area contributed by atoms with E-state index in [0.29, 0.717) is 5.82 Å². The lowest BCUT2D eigenvalue weighted by Gasteiger charge is -2.14. The third kappa shape index (κ3) is 4.99. The molecule has 0 aliphatic rings. The molecule has 6 nitrogen and oxygen atoms in total. The number of furan rings is 1. The Morgan fingerprint density at radius 1 is 0.491 bits per heavy atom. The summed E-state index contributed by atoms with van der Waals surface area (Å²) in [5.41, 5.74) is 12.4. The van der Waals surface area contributed by atoms with Crippen LogP contribution in [-0.4, -0.2) is 19.1 Å². The van der Waals surface area contributed by atoms with Gasteiger partial charge in [-0.15, -0.1) is 0 Å². The third-order valence-corrected chi connectivity index (χ3v) is 10.4. The molecule has 0 radical (unpaired) electrons. The molecular weight excluding hydrogens is 653 g/mol. The van der Waals surface area contributed by atoms with Gasteiger partial charge >= 0.3 is 5.69 Å². The van der Waals surface area contributed by atoms with E-state index in [0.717, 1.165) is 94.1 Å². The Hall–Kier alpha value is -7.05. The molecule has 3 aromatic heterocycles. The van der Waals surface area contributed by atoms with Crippen LogP contribution in [0.5, 0.6) is 0 Å². The van der Waals surface area contributed by atoms with Crippen molar-refractivity contribution in [3.63, 3.8) is 0 Å². The fraction of sp³-hybridized carbons (Fsp3) is 0.0426. The van der Waals surface area contributed by atoms with Gasteiger partial charge in [-0.3, -0.25) is 9.13 Å². The molecule has 10 rings (SSSR count). The molecule has 0 saturated carbocycles. The molecule has 0 aliphatic carbocycles. The van der Waals surface area contributed by atoms with Crippen molar-refractivity contribution in [2.24, 2.45) is 14.1 Å². The predicted molar refractivity (Wildman–Crippen MR) is 216 cm³/mol. The van der Waals surface area contributed by atoms with Gasteiger partial charge in [0.15, 0.2) is 5.82 Å². The van der Waals surface area contributed by atoms with Gasteiger partial charge in [-0.25, -0.2) is 14.8 Å². The lowest BCUT2D eigenvalue weighted by atomic mass is 9.93. The van der Waals surface area contributed by atoms with Gasteiger partial charge in [-0.1, -0.05) is 127 Å². The summed E-state index contributed by atoms with van der Waals surface area (Å²) in [5.74, 6) is 0.658. The van der Waals surface area contributed by atoms with Gasteiger partial charge < -0.3 is 4.42 Å². The number of hydrogen-bond donors (Lipinski definition) is 0. The average molecular weight is 685 g/mol. The van der Waals surface area contributed by atoms with Gasteiger partial charge in [0, 0.05) is 46.9 Å². The van der Waals surface area contributed by atoms with Crippen LogP contribution >= 0.6 is 0 Å². The molecule has 53 heavy (non-hydrogen) atoms. The zero-order valence-electron chi connectivity index (χ0n) is 29.1. The fourth-order valence-electron chi connectivity index (χ4n) is 7.69. The van der Waals surface area contributed by atoms with Crippen molar-refractivity contribution in [1.29, 1.82) is 0 Å². The first kappa shape index (κ1) is 30.7. The molecule has 0 atom stereocenters. The quantitative estimate of drug-likeness (QED) is 0.181. The van der Waals surface area contributed by atoms with E-state index in [1.165, 1.54) is 0 Å². The summed E-state index contributed by atoms with van der Waals surface area (Å²) >= 11 is 0. The van der Waals surface area contributed by atoms with E-state index in [-0.39, 0.29) is 5.69 Å². The number of aromatic nitrogens is 4. The van der Waals surface area contributed by atoms with E-state index in [1.807, 2.05) is 43.4 Å². The second kappa shape index (κ2) is 12.0. The maximum absolute atomic E-state index is 12.5. The topological polar surface area (TPSA) is 65.8 Å². The average Bonchev–Trinajstić information content (AvgIpc) is 3.72. The van der Waals surface area contributed by atoms with Crippen molar-refractivity contribution in [2.45, 2.75) is 0 Å². The molecule has 0 bridgehead atoms. The number of imidazole rings is 1. The molecule has 10 aromatic rings. The van der Waals surface area contributed by atoms with E-state index in [2.05, 4.69) is 121 Å². The van der Waals surface area contributed by atoms with E-state index in [1.54, 1.807) is 16.2 Å². The van der Waals surface area contributed by atoms with Crippen LogP contribution in [0.2, 0.25) is 0 Å². The van der Waals surface area contributed by atoms with Crippen LogP contribution in [0, 0.1) is 0 Å². The van der Waals surface area contributed by atoms with Crippen LogP contribution in [0.3, 0.4) is 0 Å². The first-order valence-electron chi connectivity index (χ1n) is 17.7. The van der Waals surface area contributed by atoms with Crippen LogP contribution in [0.1, 0.15) is 0 Å². The second-order valence-electron chi connectivity index (χ2n) is 13.5. The number of hydrogen-bond acceptors (Lipinski definition) is 4. The molecule has 0 unspecified atom stereocenters. The van der Waals surface area contributed by atoms with Gasteiger partial charge in [0.05, 0.1) is 22.4 Å². The van der Waals surface area contributed by atoms with Crippen molar-refractivity contribution in [2.75, 3.05) is 0 Å². The zero-order chi connectivity index (χ0) is 35.6. The number of aryl methyl sites for hydroxylation is 2. The summed E-state index contributed by atoms with van der Waals surface area (Å²) < 4.78 is 9.93. The van der Waals surface area contributed by atoms with Gasteiger partial charge in [-0.05, 0) is 58.0 Å². The first-order chi connectivity index (χ1) is 26.0. The Kier molecular flexibility index (Phi) is 6.98. The molecule has 0 N–H and O–H groups in total. The third-order valence-electron chi connectivity index (χ3n) is 10.4. The minimum atomic E-state index is -0.0359. The predicted octanol–water partition coefficient (Wildman–Crippen LogP) is 11.1. The SMILES string of the molecule is Cn1c(=O)n(C)c2cc(-c3ccc(-c4cc(-c5ccccc5-c5cccc6oc7c8ccccc8ccc7c56)nc(-c5ccccc5)n4)cc3)ccc21. The number of benzene rings is 7. The van der Waals surface area contributed by atoms with Crippen LogP contribution in [0.15, 0.2) is 167 Å². The Balaban J connectivity index is 1.12. The van der Waals surface area contributed by atoms with Crippen molar-refractivity contribution >= 4 is 43.7 Å². The molecule has 0 aliphatic heterocycles. The summed E-state index contributed by atoms with van der Waals surface area (Å²) in [6, 6.07) is 54.3. The van der Waals surface area contributed by atoms with Gasteiger partial charge in [0.25, 0.3) is 0 Å². The molecule has 0 amide bonds. The van der Waals surface area contributed by atoms with Crippen LogP contribution in [0.4, 0.5) is 0 Å². The van der Waals surface area contributed by atoms with E-state index in [4.69, 9.17) is 14.4 Å². The molecule has 7 aromatic carbocycles. The highest BCUT2D eigenvalue weighted by Gasteiger charge is 2.19. The highest BCUT2D eigenvalue weighted by molar-refractivity contribution is 6.19. The monoisotopic (exact) mass is 684 g/mol. The van der Waals surface area contributed by atoms with Gasteiger partial charge in [0.1, 0.15) is 11.2 Å². The fourth-order valence-corrected chi connectivity index (χ4v) is 7.69. The molecule has 0 saturated heterocycles. The normalized spacial score (nSPS) is 11.7. The lowest BCUT2D eigenvalue weighted by Crippen LogP contribution is -2.19. The molecule has 0 spiro atoms. The first-order valence-corrected chi connectivity index (χ1v) is 17.7. The highest BCUT2D eigenvalue weighted by Crippen LogP contribution is 2.42. The highest BCUT2D eigenvalue weighted by atomic mass is 16.3. The zero-order valence-corrected chi connectivity index (χ0v) is 29.1. The van der Waals surface area contributed by atoms with Crippen LogP contribution < -0.4 is 5.69 Å². The maximum Gasteiger partial charge on any atom is 0.328 e. The number of fused-ring (bicyclic) bond motifs is 6. The van der Waals surface area contributed by atoms with Crippen LogP contribution in [-0.2, 0) is 14.1 Å². The van der Waals surface area contributed by atoms with Crippen LogP contribution in [0.25, 0.3) is 99.9 Å². The molecule has 0 fully saturated rings. The molecule has 252 valence electrons. The summed E-state index contributed by atoms with van der Waals surface area (Å²) in [6.45, 7) is 0. The van der Waals surface area contributed by atoms with E-state index < -0.39 is 0 Å². The second-order valence-corrected chi connectivity index (χ2v) is 13.5. The standard InChI is InChI=1S/C47H32N4O2/c1-50-41-26-24-33(27-42(41)51(2)47(50)52)29-19-21-31(22-20-29)39-28-40(49-46(48-39)32-12-4-3-5-13-32)36-16-9-8-15-35(36)37-17-10-18-43-44(37)38-25-23-30-11-6-7-14-34(30)45(38)53-43/h3-28H,1-2H3. The van der Waals surface area contributed by atoms with E-state index >= 15 is 0 Å². The minimum absolute atomic E-state index is 0.0359. The van der Waals surface area contributed by atoms with Gasteiger partial charge in [-0.2, -0.15) is 0 Å². The Bertz CT molecular complexity index is 3100. The Morgan fingerprint density at radius 2 is 1.17 bits per heavy atom. The lowest BCUT2D eigenvalue weighted by molar-refractivity contribution is 0.673. The largest absolute Gasteiger partial charge is 0.455 e. The molecule has 6 heteroatoms. The smallest absolute Gasteiger partial charge is 0.328 e. The number of nitrogens with zero attached hydrogens (tertiary/aromatic N) is 4. The molecular formula is C47H32N4O2. The molecule has 3 heterocycles. The minimum Gasteiger partial charge on any atom is -0.455 e. The van der Waals surface area contributed by atoms with Gasteiger partial charge in [0.2, 0.25) is 0 Å². The van der Waals surface area contributed by atoms with Crippen molar-refractivity contribution in [3.8, 4) is 56.2 Å². The van der Waals surface area contributed by atoms with Crippen molar-refractivity contribution in [3.05, 3.63) is 168 Å². The van der Waals surface area contributed by atoms with Crippen molar-refractivity contribution < 1.29 is 4.42 Å². The maximum atomic E-state index is 12.5. The summed E-state index contributed by atoms with van der Waals surface area (Å²) in [6.07, 6.45) is 0.